The summed E-state index contributed by atoms with van der Waals surface area (Å²) >= 11 is 0. The van der Waals surface area contributed by atoms with E-state index in [1.165, 1.54) is 0 Å². The van der Waals surface area contributed by atoms with Crippen LogP contribution in [0.1, 0.15) is 26.7 Å². The Morgan fingerprint density at radius 3 is 2.60 bits per heavy atom. The van der Waals surface area contributed by atoms with Gasteiger partial charge in [-0.2, -0.15) is 0 Å². The van der Waals surface area contributed by atoms with Crippen LogP contribution in [-0.4, -0.2) is 24.1 Å². The molecule has 0 spiro atoms. The Morgan fingerprint density at radius 1 is 1.50 bits per heavy atom. The van der Waals surface area contributed by atoms with E-state index < -0.39 is 0 Å². The SMILES string of the molecule is CCOCCC(CC)=NO. The maximum atomic E-state index is 8.36. The smallest absolute Gasteiger partial charge is 0.0591 e. The van der Waals surface area contributed by atoms with E-state index in [0.717, 1.165) is 25.2 Å². The van der Waals surface area contributed by atoms with E-state index in [2.05, 4.69) is 5.16 Å². The predicted molar refractivity (Wildman–Crippen MR) is 40.6 cm³/mol. The van der Waals surface area contributed by atoms with Crippen molar-refractivity contribution in [3.63, 3.8) is 0 Å². The van der Waals surface area contributed by atoms with Crippen molar-refractivity contribution in [3.8, 4) is 0 Å². The van der Waals surface area contributed by atoms with E-state index in [1.807, 2.05) is 13.8 Å². The van der Waals surface area contributed by atoms with Crippen LogP contribution in [0.15, 0.2) is 5.16 Å². The molecule has 0 rings (SSSR count). The molecular weight excluding hydrogens is 130 g/mol. The average Bonchev–Trinajstić information content (AvgIpc) is 1.99. The Hall–Kier alpha value is -0.570. The van der Waals surface area contributed by atoms with Crippen molar-refractivity contribution >= 4 is 5.71 Å². The Balaban J connectivity index is 3.27. The van der Waals surface area contributed by atoms with E-state index >= 15 is 0 Å². The van der Waals surface area contributed by atoms with Gasteiger partial charge in [0.25, 0.3) is 0 Å². The lowest BCUT2D eigenvalue weighted by atomic mass is 10.2. The highest BCUT2D eigenvalue weighted by atomic mass is 16.5. The lowest BCUT2D eigenvalue weighted by molar-refractivity contribution is 0.154. The highest BCUT2D eigenvalue weighted by molar-refractivity contribution is 5.83. The van der Waals surface area contributed by atoms with Gasteiger partial charge in [0.05, 0.1) is 12.3 Å². The van der Waals surface area contributed by atoms with Crippen LogP contribution in [0.3, 0.4) is 0 Å². The van der Waals surface area contributed by atoms with Gasteiger partial charge in [0.1, 0.15) is 0 Å². The van der Waals surface area contributed by atoms with Gasteiger partial charge >= 0.3 is 0 Å². The van der Waals surface area contributed by atoms with Crippen molar-refractivity contribution in [1.29, 1.82) is 0 Å². The van der Waals surface area contributed by atoms with Gasteiger partial charge in [-0.3, -0.25) is 0 Å². The lowest BCUT2D eigenvalue weighted by Crippen LogP contribution is -2.02. The highest BCUT2D eigenvalue weighted by Gasteiger charge is 1.94. The number of hydrogen-bond donors (Lipinski definition) is 1. The molecule has 0 saturated heterocycles. The molecule has 0 amide bonds. The van der Waals surface area contributed by atoms with Crippen LogP contribution in [0.4, 0.5) is 0 Å². The first kappa shape index (κ1) is 9.43. The molecule has 0 saturated carbocycles. The van der Waals surface area contributed by atoms with Crippen molar-refractivity contribution in [2.75, 3.05) is 13.2 Å². The van der Waals surface area contributed by atoms with E-state index in [4.69, 9.17) is 9.94 Å². The number of ether oxygens (including phenoxy) is 1. The van der Waals surface area contributed by atoms with Gasteiger partial charge in [-0.15, -0.1) is 0 Å². The predicted octanol–water partition coefficient (Wildman–Crippen LogP) is 1.65. The zero-order valence-corrected chi connectivity index (χ0v) is 6.63. The van der Waals surface area contributed by atoms with E-state index in [1.54, 1.807) is 0 Å². The molecule has 0 aromatic carbocycles. The minimum absolute atomic E-state index is 0.656. The van der Waals surface area contributed by atoms with E-state index in [9.17, 15) is 0 Å². The molecule has 0 heterocycles. The molecule has 0 radical (unpaired) electrons. The van der Waals surface area contributed by atoms with Gasteiger partial charge in [0, 0.05) is 13.0 Å². The van der Waals surface area contributed by atoms with Crippen LogP contribution in [0, 0.1) is 0 Å². The lowest BCUT2D eigenvalue weighted by Gasteiger charge is -2.00. The van der Waals surface area contributed by atoms with Crippen molar-refractivity contribution in [2.45, 2.75) is 26.7 Å². The van der Waals surface area contributed by atoms with Gasteiger partial charge in [0.2, 0.25) is 0 Å². The summed E-state index contributed by atoms with van der Waals surface area (Å²) < 4.78 is 5.08. The zero-order chi connectivity index (χ0) is 7.82. The number of nitrogens with zero attached hydrogens (tertiary/aromatic N) is 1. The van der Waals surface area contributed by atoms with Crippen molar-refractivity contribution in [3.05, 3.63) is 0 Å². The third kappa shape index (κ3) is 4.32. The largest absolute Gasteiger partial charge is 0.411 e. The summed E-state index contributed by atoms with van der Waals surface area (Å²) in [5.74, 6) is 0. The third-order valence-electron chi connectivity index (χ3n) is 1.29. The molecule has 0 unspecified atom stereocenters. The highest BCUT2D eigenvalue weighted by Crippen LogP contribution is 1.92. The molecule has 10 heavy (non-hydrogen) atoms. The Kier molecular flexibility index (Phi) is 6.18. The quantitative estimate of drug-likeness (QED) is 0.276. The molecule has 3 nitrogen and oxygen atoms in total. The first-order valence-corrected chi connectivity index (χ1v) is 3.62. The van der Waals surface area contributed by atoms with Crippen LogP contribution in [0.5, 0.6) is 0 Å². The van der Waals surface area contributed by atoms with Gasteiger partial charge in [-0.1, -0.05) is 12.1 Å². The standard InChI is InChI=1S/C7H15NO2/c1-3-7(8-9)5-6-10-4-2/h9H,3-6H2,1-2H3. The van der Waals surface area contributed by atoms with Gasteiger partial charge in [-0.05, 0) is 13.3 Å². The topological polar surface area (TPSA) is 41.8 Å². The monoisotopic (exact) mass is 145 g/mol. The fourth-order valence-corrected chi connectivity index (χ4v) is 0.632. The summed E-state index contributed by atoms with van der Waals surface area (Å²) in [6.07, 6.45) is 1.53. The maximum absolute atomic E-state index is 8.36. The number of hydrogen-bond acceptors (Lipinski definition) is 3. The van der Waals surface area contributed by atoms with Gasteiger partial charge in [-0.25, -0.2) is 0 Å². The van der Waals surface area contributed by atoms with Crippen LogP contribution >= 0.6 is 0 Å². The fourth-order valence-electron chi connectivity index (χ4n) is 0.632. The second-order valence-corrected chi connectivity index (χ2v) is 1.97. The van der Waals surface area contributed by atoms with Crippen LogP contribution < -0.4 is 0 Å². The van der Waals surface area contributed by atoms with Crippen LogP contribution in [0.2, 0.25) is 0 Å². The fraction of sp³-hybridized carbons (Fsp3) is 0.857. The molecule has 0 bridgehead atoms. The molecule has 0 aliphatic carbocycles. The summed E-state index contributed by atoms with van der Waals surface area (Å²) in [6, 6.07) is 0. The van der Waals surface area contributed by atoms with E-state index in [-0.39, 0.29) is 0 Å². The average molecular weight is 145 g/mol. The molecule has 0 atom stereocenters. The molecule has 60 valence electrons. The molecule has 1 N–H and O–H groups in total. The van der Waals surface area contributed by atoms with Crippen LogP contribution in [-0.2, 0) is 4.74 Å². The van der Waals surface area contributed by atoms with E-state index in [0.29, 0.717) is 6.61 Å². The van der Waals surface area contributed by atoms with Crippen molar-refractivity contribution in [1.82, 2.24) is 0 Å². The summed E-state index contributed by atoms with van der Waals surface area (Å²) in [4.78, 5) is 0. The molecule has 3 heteroatoms. The molecule has 0 aliphatic heterocycles. The minimum Gasteiger partial charge on any atom is -0.411 e. The molecule has 0 aromatic rings. The normalized spacial score (nSPS) is 12.0. The number of oxime groups is 1. The van der Waals surface area contributed by atoms with Gasteiger partial charge in [0.15, 0.2) is 0 Å². The Morgan fingerprint density at radius 2 is 2.20 bits per heavy atom. The second kappa shape index (κ2) is 6.55. The third-order valence-corrected chi connectivity index (χ3v) is 1.29. The molecular formula is C7H15NO2. The zero-order valence-electron chi connectivity index (χ0n) is 6.63. The summed E-state index contributed by atoms with van der Waals surface area (Å²) in [7, 11) is 0. The summed E-state index contributed by atoms with van der Waals surface area (Å²) in [5, 5.41) is 11.5. The molecule has 0 fully saturated rings. The van der Waals surface area contributed by atoms with Crippen LogP contribution in [0.25, 0.3) is 0 Å². The van der Waals surface area contributed by atoms with Crippen molar-refractivity contribution in [2.24, 2.45) is 5.16 Å². The Labute approximate surface area is 61.7 Å². The summed E-state index contributed by atoms with van der Waals surface area (Å²) in [5.41, 5.74) is 0.799. The molecule has 0 aliphatic rings. The summed E-state index contributed by atoms with van der Waals surface area (Å²) in [6.45, 7) is 5.29. The second-order valence-electron chi connectivity index (χ2n) is 1.97. The maximum Gasteiger partial charge on any atom is 0.0591 e. The minimum atomic E-state index is 0.656. The van der Waals surface area contributed by atoms with Crippen molar-refractivity contribution < 1.29 is 9.94 Å². The molecule has 0 aromatic heterocycles. The van der Waals surface area contributed by atoms with Gasteiger partial charge < -0.3 is 9.94 Å². The number of rotatable bonds is 5. The first-order valence-electron chi connectivity index (χ1n) is 3.62. The Bertz CT molecular complexity index is 102. The first-order chi connectivity index (χ1) is 4.85.